The second-order valence-corrected chi connectivity index (χ2v) is 5.99. The molecule has 19 heavy (non-hydrogen) atoms. The van der Waals surface area contributed by atoms with Gasteiger partial charge in [-0.25, -0.2) is 4.79 Å². The van der Waals surface area contributed by atoms with Crippen LogP contribution in [-0.4, -0.2) is 23.4 Å². The largest absolute Gasteiger partial charge is 0.386 e. The Hall–Kier alpha value is -1.26. The second kappa shape index (κ2) is 6.26. The fourth-order valence-electron chi connectivity index (χ4n) is 2.96. The molecule has 0 heterocycles. The molecular formula is C14H26N4O. The Morgan fingerprint density at radius 3 is 2.11 bits per heavy atom. The third-order valence-corrected chi connectivity index (χ3v) is 4.52. The lowest BCUT2D eigenvalue weighted by Crippen LogP contribution is -2.61. The van der Waals surface area contributed by atoms with Gasteiger partial charge >= 0.3 is 6.03 Å². The Kier molecular flexibility index (Phi) is 4.66. The third-order valence-electron chi connectivity index (χ3n) is 4.52. The number of rotatable bonds is 3. The van der Waals surface area contributed by atoms with Gasteiger partial charge in [-0.2, -0.15) is 0 Å². The van der Waals surface area contributed by atoms with Crippen LogP contribution >= 0.6 is 0 Å². The number of nitrogens with one attached hydrogen (secondary N) is 3. The van der Waals surface area contributed by atoms with Crippen LogP contribution in [-0.2, 0) is 0 Å². The molecule has 2 fully saturated rings. The molecule has 2 saturated carbocycles. The van der Waals surface area contributed by atoms with E-state index >= 15 is 0 Å². The summed E-state index contributed by atoms with van der Waals surface area (Å²) in [5, 5.41) is 13.9. The van der Waals surface area contributed by atoms with E-state index in [4.69, 9.17) is 11.1 Å². The fraction of sp³-hybridized carbons (Fsp3) is 0.857. The zero-order chi connectivity index (χ0) is 13.7. The minimum Gasteiger partial charge on any atom is -0.386 e. The predicted molar refractivity (Wildman–Crippen MR) is 76.3 cm³/mol. The molecule has 2 amide bonds. The Bertz CT molecular complexity index is 330. The topological polar surface area (TPSA) is 91.0 Å². The zero-order valence-corrected chi connectivity index (χ0v) is 11.6. The van der Waals surface area contributed by atoms with Crippen molar-refractivity contribution < 1.29 is 4.79 Å². The lowest BCUT2D eigenvalue weighted by atomic mass is 9.83. The summed E-state index contributed by atoms with van der Waals surface area (Å²) in [5.74, 6) is 0.109. The molecule has 0 aliphatic heterocycles. The first-order valence-corrected chi connectivity index (χ1v) is 7.56. The van der Waals surface area contributed by atoms with Crippen molar-refractivity contribution in [2.45, 2.75) is 75.8 Å². The Morgan fingerprint density at radius 2 is 1.63 bits per heavy atom. The van der Waals surface area contributed by atoms with Gasteiger partial charge in [0, 0.05) is 6.04 Å². The van der Waals surface area contributed by atoms with Gasteiger partial charge in [0.2, 0.25) is 0 Å². The zero-order valence-electron chi connectivity index (χ0n) is 11.6. The number of nitrogens with two attached hydrogens (primary N) is 1. The third kappa shape index (κ3) is 3.61. The number of carbonyl (C=O) groups is 1. The van der Waals surface area contributed by atoms with E-state index in [1.807, 2.05) is 0 Å². The van der Waals surface area contributed by atoms with Crippen LogP contribution in [0.3, 0.4) is 0 Å². The molecular weight excluding hydrogens is 240 g/mol. The molecule has 0 atom stereocenters. The Balaban J connectivity index is 1.95. The normalized spacial score (nSPS) is 23.6. The molecule has 0 bridgehead atoms. The number of hydrogen-bond donors (Lipinski definition) is 4. The molecule has 0 saturated heterocycles. The lowest BCUT2D eigenvalue weighted by molar-refractivity contribution is 0.215. The van der Waals surface area contributed by atoms with E-state index in [2.05, 4.69) is 10.6 Å². The second-order valence-electron chi connectivity index (χ2n) is 5.99. The van der Waals surface area contributed by atoms with E-state index in [1.165, 1.54) is 25.7 Å². The standard InChI is InChI=1S/C14H26N4O/c15-12(16)14(9-4-2-1-3-5-10-14)18-13(19)17-11-7-6-8-11/h11H,1-10H2,(H3,15,16)(H2,17,18,19). The quantitative estimate of drug-likeness (QED) is 0.466. The molecule has 0 aromatic heterocycles. The average molecular weight is 266 g/mol. The fourth-order valence-corrected chi connectivity index (χ4v) is 2.96. The van der Waals surface area contributed by atoms with Gasteiger partial charge in [-0.3, -0.25) is 5.41 Å². The van der Waals surface area contributed by atoms with E-state index in [1.54, 1.807) is 0 Å². The van der Waals surface area contributed by atoms with Crippen molar-refractivity contribution in [1.82, 2.24) is 10.6 Å². The molecule has 2 aliphatic carbocycles. The van der Waals surface area contributed by atoms with Crippen LogP contribution in [0.4, 0.5) is 4.79 Å². The van der Waals surface area contributed by atoms with Crippen molar-refractivity contribution in [3.8, 4) is 0 Å². The molecule has 5 heteroatoms. The summed E-state index contributed by atoms with van der Waals surface area (Å²) in [6.45, 7) is 0. The maximum absolute atomic E-state index is 12.0. The summed E-state index contributed by atoms with van der Waals surface area (Å²) in [4.78, 5) is 12.0. The van der Waals surface area contributed by atoms with E-state index in [0.29, 0.717) is 6.04 Å². The van der Waals surface area contributed by atoms with Crippen LogP contribution in [0.5, 0.6) is 0 Å². The first-order chi connectivity index (χ1) is 9.12. The maximum atomic E-state index is 12.0. The van der Waals surface area contributed by atoms with Crippen LogP contribution < -0.4 is 16.4 Å². The van der Waals surface area contributed by atoms with Crippen LogP contribution in [0.25, 0.3) is 0 Å². The van der Waals surface area contributed by atoms with Crippen molar-refractivity contribution in [3.63, 3.8) is 0 Å². The molecule has 0 unspecified atom stereocenters. The molecule has 5 nitrogen and oxygen atoms in total. The molecule has 2 rings (SSSR count). The molecule has 5 N–H and O–H groups in total. The minimum absolute atomic E-state index is 0.109. The highest BCUT2D eigenvalue weighted by Crippen LogP contribution is 2.26. The van der Waals surface area contributed by atoms with Gasteiger partial charge in [0.15, 0.2) is 0 Å². The van der Waals surface area contributed by atoms with Gasteiger partial charge in [-0.15, -0.1) is 0 Å². The number of hydrogen-bond acceptors (Lipinski definition) is 2. The van der Waals surface area contributed by atoms with Gasteiger partial charge in [-0.05, 0) is 32.1 Å². The van der Waals surface area contributed by atoms with Gasteiger partial charge in [-0.1, -0.05) is 32.1 Å². The summed E-state index contributed by atoms with van der Waals surface area (Å²) < 4.78 is 0. The van der Waals surface area contributed by atoms with Crippen LogP contribution in [0.2, 0.25) is 0 Å². The molecule has 2 aliphatic rings. The summed E-state index contributed by atoms with van der Waals surface area (Å²) in [7, 11) is 0. The van der Waals surface area contributed by atoms with E-state index in [-0.39, 0.29) is 11.9 Å². The Morgan fingerprint density at radius 1 is 1.05 bits per heavy atom. The van der Waals surface area contributed by atoms with Gasteiger partial charge in [0.1, 0.15) is 5.84 Å². The van der Waals surface area contributed by atoms with Crippen LogP contribution in [0.1, 0.15) is 64.2 Å². The van der Waals surface area contributed by atoms with Crippen molar-refractivity contribution in [3.05, 3.63) is 0 Å². The lowest BCUT2D eigenvalue weighted by Gasteiger charge is -2.36. The van der Waals surface area contributed by atoms with Gasteiger partial charge in [0.05, 0.1) is 5.54 Å². The van der Waals surface area contributed by atoms with E-state index < -0.39 is 5.54 Å². The number of amides is 2. The SMILES string of the molecule is N=C(N)C1(NC(=O)NC2CCC2)CCCCCCC1. The van der Waals surface area contributed by atoms with E-state index in [9.17, 15) is 4.79 Å². The summed E-state index contributed by atoms with van der Waals surface area (Å²) >= 11 is 0. The average Bonchev–Trinajstić information content (AvgIpc) is 2.27. The number of urea groups is 1. The summed E-state index contributed by atoms with van der Waals surface area (Å²) in [6, 6.07) is 0.165. The van der Waals surface area contributed by atoms with Crippen molar-refractivity contribution in [2.75, 3.05) is 0 Å². The molecule has 0 spiro atoms. The highest BCUT2D eigenvalue weighted by Gasteiger charge is 2.35. The first kappa shape index (κ1) is 14.2. The summed E-state index contributed by atoms with van der Waals surface area (Å²) in [6.07, 6.45) is 10.6. The van der Waals surface area contributed by atoms with Crippen LogP contribution in [0, 0.1) is 5.41 Å². The van der Waals surface area contributed by atoms with Crippen molar-refractivity contribution in [2.24, 2.45) is 5.73 Å². The van der Waals surface area contributed by atoms with Gasteiger partial charge in [0.25, 0.3) is 0 Å². The minimum atomic E-state index is -0.617. The van der Waals surface area contributed by atoms with Gasteiger partial charge < -0.3 is 16.4 Å². The molecule has 0 aromatic carbocycles. The molecule has 0 aromatic rings. The predicted octanol–water partition coefficient (Wildman–Crippen LogP) is 2.26. The maximum Gasteiger partial charge on any atom is 0.315 e. The highest BCUT2D eigenvalue weighted by molar-refractivity contribution is 5.91. The molecule has 108 valence electrons. The first-order valence-electron chi connectivity index (χ1n) is 7.56. The number of carbonyl (C=O) groups excluding carboxylic acids is 1. The highest BCUT2D eigenvalue weighted by atomic mass is 16.2. The van der Waals surface area contributed by atoms with Crippen molar-refractivity contribution >= 4 is 11.9 Å². The Labute approximate surface area is 115 Å². The smallest absolute Gasteiger partial charge is 0.315 e. The van der Waals surface area contributed by atoms with Crippen LogP contribution in [0.15, 0.2) is 0 Å². The van der Waals surface area contributed by atoms with Crippen molar-refractivity contribution in [1.29, 1.82) is 5.41 Å². The molecule has 0 radical (unpaired) electrons. The summed E-state index contributed by atoms with van der Waals surface area (Å²) in [5.41, 5.74) is 5.17. The number of amidine groups is 1. The monoisotopic (exact) mass is 266 g/mol. The van der Waals surface area contributed by atoms with E-state index in [0.717, 1.165) is 38.5 Å².